The Labute approximate surface area is 125 Å². The lowest BCUT2D eigenvalue weighted by molar-refractivity contribution is 0.305. The molecular formula is C15H19NO4S. The van der Waals surface area contributed by atoms with Crippen molar-refractivity contribution in [3.8, 4) is 17.6 Å². The Morgan fingerprint density at radius 1 is 1.43 bits per heavy atom. The van der Waals surface area contributed by atoms with Gasteiger partial charge in [0.25, 0.3) is 0 Å². The van der Waals surface area contributed by atoms with Gasteiger partial charge in [0.15, 0.2) is 0 Å². The predicted octanol–water partition coefficient (Wildman–Crippen LogP) is 1.26. The summed E-state index contributed by atoms with van der Waals surface area (Å²) in [5.41, 5.74) is 0.502. The number of methoxy groups -OCH3 is 1. The SMILES string of the molecule is COc1ccc(S(=O)(=O)NC2CCC2)cc1C#CCCO. The molecule has 0 aromatic heterocycles. The van der Waals surface area contributed by atoms with Gasteiger partial charge in [0.05, 0.1) is 24.2 Å². The summed E-state index contributed by atoms with van der Waals surface area (Å²) in [5, 5.41) is 8.75. The molecule has 114 valence electrons. The van der Waals surface area contributed by atoms with Gasteiger partial charge in [-0.25, -0.2) is 13.1 Å². The lowest BCUT2D eigenvalue weighted by atomic mass is 9.94. The summed E-state index contributed by atoms with van der Waals surface area (Å²) < 4.78 is 32.4. The van der Waals surface area contributed by atoms with E-state index in [1.54, 1.807) is 6.07 Å². The number of hydrogen-bond acceptors (Lipinski definition) is 4. The zero-order chi connectivity index (χ0) is 15.3. The summed E-state index contributed by atoms with van der Waals surface area (Å²) in [5.74, 6) is 6.12. The van der Waals surface area contributed by atoms with Crippen molar-refractivity contribution in [3.63, 3.8) is 0 Å². The molecule has 21 heavy (non-hydrogen) atoms. The molecule has 0 heterocycles. The maximum absolute atomic E-state index is 12.3. The maximum atomic E-state index is 12.3. The van der Waals surface area contributed by atoms with Gasteiger partial charge in [-0.2, -0.15) is 0 Å². The fourth-order valence-electron chi connectivity index (χ4n) is 1.98. The average molecular weight is 309 g/mol. The first-order valence-electron chi connectivity index (χ1n) is 6.87. The topological polar surface area (TPSA) is 75.6 Å². The first-order chi connectivity index (χ1) is 10.1. The molecule has 5 nitrogen and oxygen atoms in total. The van der Waals surface area contributed by atoms with E-state index in [1.165, 1.54) is 19.2 Å². The van der Waals surface area contributed by atoms with Gasteiger partial charge in [0.1, 0.15) is 5.75 Å². The summed E-state index contributed by atoms with van der Waals surface area (Å²) in [7, 11) is -2.01. The molecule has 0 spiro atoms. The summed E-state index contributed by atoms with van der Waals surface area (Å²) in [6.07, 6.45) is 3.17. The molecule has 1 aromatic carbocycles. The third kappa shape index (κ3) is 3.97. The Bertz CT molecular complexity index is 654. The second-order valence-electron chi connectivity index (χ2n) is 4.89. The van der Waals surface area contributed by atoms with E-state index in [4.69, 9.17) is 9.84 Å². The van der Waals surface area contributed by atoms with Crippen molar-refractivity contribution in [1.29, 1.82) is 0 Å². The molecule has 0 aliphatic heterocycles. The molecule has 2 rings (SSSR count). The minimum atomic E-state index is -3.52. The van der Waals surface area contributed by atoms with Crippen LogP contribution in [0.1, 0.15) is 31.2 Å². The second kappa shape index (κ2) is 6.94. The van der Waals surface area contributed by atoms with Crippen LogP contribution in [0.2, 0.25) is 0 Å². The molecule has 1 aliphatic carbocycles. The van der Waals surface area contributed by atoms with Gasteiger partial charge in [-0.15, -0.1) is 0 Å². The molecule has 1 saturated carbocycles. The molecule has 0 saturated heterocycles. The number of hydrogen-bond donors (Lipinski definition) is 2. The average Bonchev–Trinajstić information content (AvgIpc) is 2.43. The molecule has 1 aromatic rings. The third-order valence-corrected chi connectivity index (χ3v) is 4.89. The van der Waals surface area contributed by atoms with Crippen LogP contribution in [0.15, 0.2) is 23.1 Å². The van der Waals surface area contributed by atoms with Crippen molar-refractivity contribution in [3.05, 3.63) is 23.8 Å². The fourth-order valence-corrected chi connectivity index (χ4v) is 3.31. The van der Waals surface area contributed by atoms with E-state index in [0.717, 1.165) is 19.3 Å². The van der Waals surface area contributed by atoms with E-state index < -0.39 is 10.0 Å². The van der Waals surface area contributed by atoms with E-state index in [-0.39, 0.29) is 17.5 Å². The van der Waals surface area contributed by atoms with E-state index in [2.05, 4.69) is 16.6 Å². The zero-order valence-electron chi connectivity index (χ0n) is 11.9. The smallest absolute Gasteiger partial charge is 0.240 e. The van der Waals surface area contributed by atoms with Crippen molar-refractivity contribution in [2.75, 3.05) is 13.7 Å². The summed E-state index contributed by atoms with van der Waals surface area (Å²) in [6.45, 7) is -0.0312. The van der Waals surface area contributed by atoms with E-state index in [9.17, 15) is 8.42 Å². The quantitative estimate of drug-likeness (QED) is 0.803. The van der Waals surface area contributed by atoms with Crippen molar-refractivity contribution < 1.29 is 18.3 Å². The number of aliphatic hydroxyl groups is 1. The monoisotopic (exact) mass is 309 g/mol. The van der Waals surface area contributed by atoms with Crippen LogP contribution >= 0.6 is 0 Å². The minimum absolute atomic E-state index is 0.0312. The number of sulfonamides is 1. The number of nitrogens with one attached hydrogen (secondary N) is 1. The fraction of sp³-hybridized carbons (Fsp3) is 0.467. The van der Waals surface area contributed by atoms with E-state index in [0.29, 0.717) is 17.7 Å². The van der Waals surface area contributed by atoms with Gasteiger partial charge in [-0.05, 0) is 31.0 Å². The lowest BCUT2D eigenvalue weighted by Gasteiger charge is -2.26. The highest BCUT2D eigenvalue weighted by atomic mass is 32.2. The molecule has 0 radical (unpaired) electrons. The molecule has 6 heteroatoms. The number of aliphatic hydroxyl groups excluding tert-OH is 1. The molecule has 0 bridgehead atoms. The summed E-state index contributed by atoms with van der Waals surface area (Å²) in [6, 6.07) is 4.65. The van der Waals surface area contributed by atoms with Crippen LogP contribution in [-0.4, -0.2) is 33.3 Å². The Morgan fingerprint density at radius 3 is 2.76 bits per heavy atom. The molecule has 1 fully saturated rings. The van der Waals surface area contributed by atoms with Crippen molar-refractivity contribution in [2.45, 2.75) is 36.6 Å². The largest absolute Gasteiger partial charge is 0.495 e. The number of ether oxygens (including phenoxy) is 1. The molecule has 2 N–H and O–H groups in total. The van der Waals surface area contributed by atoms with Crippen LogP contribution < -0.4 is 9.46 Å². The normalized spacial score (nSPS) is 15.0. The van der Waals surface area contributed by atoms with Crippen molar-refractivity contribution in [2.24, 2.45) is 0 Å². The van der Waals surface area contributed by atoms with Gasteiger partial charge >= 0.3 is 0 Å². The molecular weight excluding hydrogens is 290 g/mol. The van der Waals surface area contributed by atoms with Crippen LogP contribution in [0.25, 0.3) is 0 Å². The summed E-state index contributed by atoms with van der Waals surface area (Å²) in [4.78, 5) is 0.184. The predicted molar refractivity (Wildman–Crippen MR) is 79.5 cm³/mol. The third-order valence-electron chi connectivity index (χ3n) is 3.37. The van der Waals surface area contributed by atoms with E-state index >= 15 is 0 Å². The second-order valence-corrected chi connectivity index (χ2v) is 6.60. The Kier molecular flexibility index (Phi) is 5.23. The van der Waals surface area contributed by atoms with Gasteiger partial charge in [0, 0.05) is 12.5 Å². The van der Waals surface area contributed by atoms with Crippen molar-refractivity contribution >= 4 is 10.0 Å². The molecule has 1 aliphatic rings. The zero-order valence-corrected chi connectivity index (χ0v) is 12.7. The van der Waals surface area contributed by atoms with Gasteiger partial charge in [0.2, 0.25) is 10.0 Å². The highest BCUT2D eigenvalue weighted by Gasteiger charge is 2.25. The minimum Gasteiger partial charge on any atom is -0.495 e. The molecule has 0 atom stereocenters. The number of benzene rings is 1. The highest BCUT2D eigenvalue weighted by Crippen LogP contribution is 2.24. The Morgan fingerprint density at radius 2 is 2.19 bits per heavy atom. The standard InChI is InChI=1S/C15H19NO4S/c1-20-15-9-8-14(11-12(15)5-2-3-10-17)21(18,19)16-13-6-4-7-13/h8-9,11,13,16-17H,3-4,6-7,10H2,1H3. The van der Waals surface area contributed by atoms with Crippen LogP contribution in [0.4, 0.5) is 0 Å². The first kappa shape index (κ1) is 15.8. The van der Waals surface area contributed by atoms with Gasteiger partial charge in [-0.3, -0.25) is 0 Å². The Hall–Kier alpha value is -1.55. The van der Waals surface area contributed by atoms with Crippen LogP contribution in [0.3, 0.4) is 0 Å². The van der Waals surface area contributed by atoms with Crippen LogP contribution in [-0.2, 0) is 10.0 Å². The lowest BCUT2D eigenvalue weighted by Crippen LogP contribution is -2.39. The van der Waals surface area contributed by atoms with Crippen molar-refractivity contribution in [1.82, 2.24) is 4.72 Å². The number of rotatable bonds is 5. The van der Waals surface area contributed by atoms with Gasteiger partial charge in [-0.1, -0.05) is 18.3 Å². The molecule has 0 unspecified atom stereocenters. The summed E-state index contributed by atoms with van der Waals surface area (Å²) >= 11 is 0. The maximum Gasteiger partial charge on any atom is 0.240 e. The highest BCUT2D eigenvalue weighted by molar-refractivity contribution is 7.89. The van der Waals surface area contributed by atoms with Crippen LogP contribution in [0.5, 0.6) is 5.75 Å². The first-order valence-corrected chi connectivity index (χ1v) is 8.35. The van der Waals surface area contributed by atoms with Gasteiger partial charge < -0.3 is 9.84 Å². The van der Waals surface area contributed by atoms with E-state index in [1.807, 2.05) is 0 Å². The Balaban J connectivity index is 2.28. The molecule has 0 amide bonds. The van der Waals surface area contributed by atoms with Crippen LogP contribution in [0, 0.1) is 11.8 Å².